The summed E-state index contributed by atoms with van der Waals surface area (Å²) < 4.78 is 5.22. The van der Waals surface area contributed by atoms with Crippen LogP contribution in [-0.4, -0.2) is 24.5 Å². The molecule has 1 fully saturated rings. The Labute approximate surface area is 153 Å². The predicted molar refractivity (Wildman–Crippen MR) is 101 cm³/mol. The summed E-state index contributed by atoms with van der Waals surface area (Å²) in [7, 11) is 0. The maximum Gasteiger partial charge on any atom is 0.340 e. The van der Waals surface area contributed by atoms with Gasteiger partial charge >= 0.3 is 5.97 Å². The summed E-state index contributed by atoms with van der Waals surface area (Å²) in [6, 6.07) is 16.9. The van der Waals surface area contributed by atoms with Crippen molar-refractivity contribution in [2.24, 2.45) is 0 Å². The number of ether oxygens (including phenoxy) is 1. The summed E-state index contributed by atoms with van der Waals surface area (Å²) >= 11 is 0. The number of nitrogens with one attached hydrogen (secondary N) is 2. The third kappa shape index (κ3) is 5.09. The fourth-order valence-corrected chi connectivity index (χ4v) is 3.17. The normalized spacial score (nSPS) is 14.5. The fraction of sp³-hybridized carbons (Fsp3) is 0.333. The molecule has 0 unspecified atom stereocenters. The number of benzene rings is 2. The number of carbonyl (C=O) groups is 2. The second-order valence-corrected chi connectivity index (χ2v) is 6.52. The molecule has 5 nitrogen and oxygen atoms in total. The Morgan fingerprint density at radius 2 is 1.62 bits per heavy atom. The molecule has 3 rings (SSSR count). The van der Waals surface area contributed by atoms with Crippen molar-refractivity contribution in [3.63, 3.8) is 0 Å². The molecule has 5 heteroatoms. The second kappa shape index (κ2) is 9.04. The molecule has 1 aliphatic rings. The Bertz CT molecular complexity index is 740. The van der Waals surface area contributed by atoms with Crippen molar-refractivity contribution < 1.29 is 14.3 Å². The maximum atomic E-state index is 12.4. The third-order valence-corrected chi connectivity index (χ3v) is 4.50. The first-order chi connectivity index (χ1) is 12.7. The Balaban J connectivity index is 1.56. The van der Waals surface area contributed by atoms with Crippen LogP contribution in [0.25, 0.3) is 0 Å². The molecule has 2 aromatic rings. The molecule has 2 N–H and O–H groups in total. The average Bonchev–Trinajstić information content (AvgIpc) is 2.68. The van der Waals surface area contributed by atoms with E-state index in [0.717, 1.165) is 31.4 Å². The minimum Gasteiger partial charge on any atom is -0.452 e. The zero-order chi connectivity index (χ0) is 18.2. The largest absolute Gasteiger partial charge is 0.452 e. The molecule has 0 aliphatic heterocycles. The Kier molecular flexibility index (Phi) is 6.25. The van der Waals surface area contributed by atoms with Crippen molar-refractivity contribution in [2.45, 2.75) is 38.1 Å². The van der Waals surface area contributed by atoms with E-state index in [9.17, 15) is 9.59 Å². The van der Waals surface area contributed by atoms with E-state index in [-0.39, 0.29) is 18.6 Å². The van der Waals surface area contributed by atoms with Gasteiger partial charge in [0.15, 0.2) is 6.61 Å². The van der Waals surface area contributed by atoms with Crippen molar-refractivity contribution in [3.05, 3.63) is 60.2 Å². The van der Waals surface area contributed by atoms with Gasteiger partial charge in [-0.3, -0.25) is 4.79 Å². The van der Waals surface area contributed by atoms with Gasteiger partial charge in [-0.15, -0.1) is 0 Å². The van der Waals surface area contributed by atoms with E-state index in [4.69, 9.17) is 4.74 Å². The van der Waals surface area contributed by atoms with Gasteiger partial charge in [0.1, 0.15) is 0 Å². The van der Waals surface area contributed by atoms with E-state index in [1.807, 2.05) is 42.5 Å². The van der Waals surface area contributed by atoms with Gasteiger partial charge in [0.25, 0.3) is 5.91 Å². The van der Waals surface area contributed by atoms with Crippen LogP contribution in [0.2, 0.25) is 0 Å². The Hall–Kier alpha value is -2.82. The summed E-state index contributed by atoms with van der Waals surface area (Å²) in [5, 5.41) is 6.15. The number of amides is 1. The van der Waals surface area contributed by atoms with Crippen LogP contribution in [0.15, 0.2) is 54.6 Å². The molecule has 0 bridgehead atoms. The quantitative estimate of drug-likeness (QED) is 0.770. The van der Waals surface area contributed by atoms with Gasteiger partial charge < -0.3 is 15.4 Å². The van der Waals surface area contributed by atoms with Gasteiger partial charge in [0, 0.05) is 11.7 Å². The van der Waals surface area contributed by atoms with Crippen LogP contribution in [-0.2, 0) is 9.53 Å². The van der Waals surface area contributed by atoms with Gasteiger partial charge in [-0.1, -0.05) is 49.6 Å². The summed E-state index contributed by atoms with van der Waals surface area (Å²) in [4.78, 5) is 24.4. The minimum absolute atomic E-state index is 0.210. The molecule has 1 amide bonds. The van der Waals surface area contributed by atoms with Crippen molar-refractivity contribution >= 4 is 23.3 Å². The van der Waals surface area contributed by atoms with Crippen molar-refractivity contribution in [1.82, 2.24) is 5.32 Å². The molecular weight excluding hydrogens is 328 g/mol. The minimum atomic E-state index is -0.511. The van der Waals surface area contributed by atoms with E-state index < -0.39 is 5.97 Å². The topological polar surface area (TPSA) is 67.4 Å². The summed E-state index contributed by atoms with van der Waals surface area (Å²) in [6.45, 7) is -0.255. The van der Waals surface area contributed by atoms with Crippen LogP contribution in [0.1, 0.15) is 42.5 Å². The van der Waals surface area contributed by atoms with Gasteiger partial charge in [-0.25, -0.2) is 4.79 Å². The Morgan fingerprint density at radius 1 is 0.923 bits per heavy atom. The standard InChI is InChI=1S/C21H24N2O3/c24-20(23-17-11-5-2-6-12-17)15-26-21(25)18-13-7-8-14-19(18)22-16-9-3-1-4-10-16/h1,3-4,7-10,13-14,17,22H,2,5-6,11-12,15H2,(H,23,24). The molecule has 0 spiro atoms. The molecule has 0 radical (unpaired) electrons. The molecule has 1 saturated carbocycles. The first kappa shape index (κ1) is 18.0. The third-order valence-electron chi connectivity index (χ3n) is 4.50. The highest BCUT2D eigenvalue weighted by Gasteiger charge is 2.18. The number of hydrogen-bond donors (Lipinski definition) is 2. The van der Waals surface area contributed by atoms with Crippen molar-refractivity contribution in [3.8, 4) is 0 Å². The van der Waals surface area contributed by atoms with Gasteiger partial charge in [0.05, 0.1) is 11.3 Å². The van der Waals surface area contributed by atoms with E-state index >= 15 is 0 Å². The monoisotopic (exact) mass is 352 g/mol. The van der Waals surface area contributed by atoms with Crippen molar-refractivity contribution in [1.29, 1.82) is 0 Å². The lowest BCUT2D eigenvalue weighted by Gasteiger charge is -2.22. The summed E-state index contributed by atoms with van der Waals surface area (Å²) in [5.41, 5.74) is 1.93. The molecule has 0 saturated heterocycles. The van der Waals surface area contributed by atoms with E-state index in [1.165, 1.54) is 6.42 Å². The Morgan fingerprint density at radius 3 is 2.38 bits per heavy atom. The molecule has 26 heavy (non-hydrogen) atoms. The smallest absolute Gasteiger partial charge is 0.340 e. The first-order valence-electron chi connectivity index (χ1n) is 9.10. The molecular formula is C21H24N2O3. The molecule has 136 valence electrons. The molecule has 2 aromatic carbocycles. The van der Waals surface area contributed by atoms with Crippen LogP contribution >= 0.6 is 0 Å². The van der Waals surface area contributed by atoms with E-state index in [0.29, 0.717) is 11.3 Å². The van der Waals surface area contributed by atoms with Crippen molar-refractivity contribution in [2.75, 3.05) is 11.9 Å². The number of anilines is 2. The highest BCUT2D eigenvalue weighted by Crippen LogP contribution is 2.21. The predicted octanol–water partition coefficient (Wildman–Crippen LogP) is 4.04. The zero-order valence-corrected chi connectivity index (χ0v) is 14.7. The lowest BCUT2D eigenvalue weighted by molar-refractivity contribution is -0.125. The SMILES string of the molecule is O=C(COC(=O)c1ccccc1Nc1ccccc1)NC1CCCCC1. The number of carbonyl (C=O) groups excluding carboxylic acids is 2. The average molecular weight is 352 g/mol. The number of esters is 1. The lowest BCUT2D eigenvalue weighted by atomic mass is 9.95. The molecule has 0 heterocycles. The highest BCUT2D eigenvalue weighted by atomic mass is 16.5. The summed E-state index contributed by atoms with van der Waals surface area (Å²) in [5.74, 6) is -0.749. The van der Waals surface area contributed by atoms with Crippen LogP contribution in [0.3, 0.4) is 0 Å². The molecule has 0 atom stereocenters. The first-order valence-corrected chi connectivity index (χ1v) is 9.10. The molecule has 1 aliphatic carbocycles. The van der Waals surface area contributed by atoms with Crippen LogP contribution < -0.4 is 10.6 Å². The number of para-hydroxylation sites is 2. The van der Waals surface area contributed by atoms with E-state index in [1.54, 1.807) is 12.1 Å². The van der Waals surface area contributed by atoms with Crippen LogP contribution in [0.5, 0.6) is 0 Å². The van der Waals surface area contributed by atoms with Gasteiger partial charge in [-0.05, 0) is 37.1 Å². The highest BCUT2D eigenvalue weighted by molar-refractivity contribution is 5.97. The lowest BCUT2D eigenvalue weighted by Crippen LogP contribution is -2.38. The van der Waals surface area contributed by atoms with Gasteiger partial charge in [-0.2, -0.15) is 0 Å². The maximum absolute atomic E-state index is 12.4. The second-order valence-electron chi connectivity index (χ2n) is 6.52. The summed E-state index contributed by atoms with van der Waals surface area (Å²) in [6.07, 6.45) is 5.52. The van der Waals surface area contributed by atoms with E-state index in [2.05, 4.69) is 10.6 Å². The molecule has 0 aromatic heterocycles. The number of hydrogen-bond acceptors (Lipinski definition) is 4. The zero-order valence-electron chi connectivity index (χ0n) is 14.7. The van der Waals surface area contributed by atoms with Gasteiger partial charge in [0.2, 0.25) is 0 Å². The fourth-order valence-electron chi connectivity index (χ4n) is 3.17. The van der Waals surface area contributed by atoms with Crippen LogP contribution in [0, 0.1) is 0 Å². The number of rotatable bonds is 6. The van der Waals surface area contributed by atoms with Crippen LogP contribution in [0.4, 0.5) is 11.4 Å².